The quantitative estimate of drug-likeness (QED) is 0.423. The van der Waals surface area contributed by atoms with Gasteiger partial charge in [0.05, 0.1) is 13.2 Å². The SMILES string of the molecule is CCCC(=O)OCCOCCN(CC)CC. The zero-order valence-electron chi connectivity index (χ0n) is 10.8. The van der Waals surface area contributed by atoms with E-state index in [-0.39, 0.29) is 5.97 Å². The van der Waals surface area contributed by atoms with E-state index in [9.17, 15) is 4.79 Å². The molecule has 0 atom stereocenters. The number of esters is 1. The number of hydrogen-bond donors (Lipinski definition) is 0. The summed E-state index contributed by atoms with van der Waals surface area (Å²) in [5, 5.41) is 0. The first kappa shape index (κ1) is 15.4. The van der Waals surface area contributed by atoms with Crippen LogP contribution in [-0.2, 0) is 14.3 Å². The van der Waals surface area contributed by atoms with Gasteiger partial charge in [-0.05, 0) is 19.5 Å². The van der Waals surface area contributed by atoms with Crippen molar-refractivity contribution >= 4 is 5.97 Å². The van der Waals surface area contributed by atoms with Crippen LogP contribution >= 0.6 is 0 Å². The Morgan fingerprint density at radius 2 is 1.75 bits per heavy atom. The van der Waals surface area contributed by atoms with Crippen LogP contribution in [0.3, 0.4) is 0 Å². The highest BCUT2D eigenvalue weighted by molar-refractivity contribution is 5.69. The third-order valence-electron chi connectivity index (χ3n) is 2.39. The van der Waals surface area contributed by atoms with Crippen molar-refractivity contribution in [3.8, 4) is 0 Å². The number of ether oxygens (including phenoxy) is 2. The number of carbonyl (C=O) groups excluding carboxylic acids is 1. The van der Waals surface area contributed by atoms with Crippen molar-refractivity contribution in [1.82, 2.24) is 4.90 Å². The van der Waals surface area contributed by atoms with E-state index in [0.29, 0.717) is 26.2 Å². The fraction of sp³-hybridized carbons (Fsp3) is 0.917. The maximum atomic E-state index is 11.0. The summed E-state index contributed by atoms with van der Waals surface area (Å²) in [6.45, 7) is 10.8. The Bertz CT molecular complexity index is 170. The molecule has 0 radical (unpaired) electrons. The van der Waals surface area contributed by atoms with Gasteiger partial charge in [-0.25, -0.2) is 0 Å². The normalized spacial score (nSPS) is 10.8. The van der Waals surface area contributed by atoms with Crippen LogP contribution in [0.4, 0.5) is 0 Å². The average molecular weight is 231 g/mol. The monoisotopic (exact) mass is 231 g/mol. The van der Waals surface area contributed by atoms with E-state index in [0.717, 1.165) is 26.1 Å². The van der Waals surface area contributed by atoms with Crippen LogP contribution in [0.1, 0.15) is 33.6 Å². The molecule has 0 saturated heterocycles. The first-order valence-corrected chi connectivity index (χ1v) is 6.20. The Labute approximate surface area is 98.9 Å². The zero-order valence-corrected chi connectivity index (χ0v) is 10.8. The van der Waals surface area contributed by atoms with Crippen LogP contribution in [0.2, 0.25) is 0 Å². The summed E-state index contributed by atoms with van der Waals surface area (Å²) < 4.78 is 10.3. The number of likely N-dealkylation sites (N-methyl/N-ethyl adjacent to an activating group) is 1. The predicted molar refractivity (Wildman–Crippen MR) is 64.5 cm³/mol. The number of rotatable bonds is 10. The molecule has 4 nitrogen and oxygen atoms in total. The lowest BCUT2D eigenvalue weighted by atomic mass is 10.3. The topological polar surface area (TPSA) is 38.8 Å². The molecular weight excluding hydrogens is 206 g/mol. The van der Waals surface area contributed by atoms with Crippen LogP contribution in [0.25, 0.3) is 0 Å². The molecule has 0 rings (SSSR count). The maximum absolute atomic E-state index is 11.0. The molecule has 0 spiro atoms. The lowest BCUT2D eigenvalue weighted by Gasteiger charge is -2.17. The van der Waals surface area contributed by atoms with Crippen LogP contribution in [0, 0.1) is 0 Å². The highest BCUT2D eigenvalue weighted by Crippen LogP contribution is 1.91. The molecule has 0 aliphatic heterocycles. The third-order valence-corrected chi connectivity index (χ3v) is 2.39. The van der Waals surface area contributed by atoms with E-state index in [1.54, 1.807) is 0 Å². The Morgan fingerprint density at radius 3 is 2.31 bits per heavy atom. The lowest BCUT2D eigenvalue weighted by molar-refractivity contribution is -0.145. The van der Waals surface area contributed by atoms with Crippen molar-refractivity contribution in [3.63, 3.8) is 0 Å². The van der Waals surface area contributed by atoms with Gasteiger partial charge in [0.2, 0.25) is 0 Å². The number of nitrogens with zero attached hydrogens (tertiary/aromatic N) is 1. The van der Waals surface area contributed by atoms with Crippen LogP contribution in [0.5, 0.6) is 0 Å². The Kier molecular flexibility index (Phi) is 10.5. The summed E-state index contributed by atoms with van der Waals surface area (Å²) in [5.74, 6) is -0.130. The molecule has 0 fully saturated rings. The standard InChI is InChI=1S/C12H25NO3/c1-4-7-12(14)16-11-10-15-9-8-13(5-2)6-3/h4-11H2,1-3H3. The Hall–Kier alpha value is -0.610. The summed E-state index contributed by atoms with van der Waals surface area (Å²) >= 11 is 0. The second-order valence-corrected chi connectivity index (χ2v) is 3.61. The molecule has 0 heterocycles. The molecule has 0 aliphatic rings. The van der Waals surface area contributed by atoms with Gasteiger partial charge >= 0.3 is 5.97 Å². The van der Waals surface area contributed by atoms with Gasteiger partial charge in [-0.1, -0.05) is 20.8 Å². The summed E-state index contributed by atoms with van der Waals surface area (Å²) in [4.78, 5) is 13.3. The largest absolute Gasteiger partial charge is 0.463 e. The zero-order chi connectivity index (χ0) is 12.2. The van der Waals surface area contributed by atoms with E-state index in [4.69, 9.17) is 9.47 Å². The molecule has 0 aromatic rings. The van der Waals surface area contributed by atoms with E-state index >= 15 is 0 Å². The van der Waals surface area contributed by atoms with Crippen LogP contribution in [0.15, 0.2) is 0 Å². The molecule has 0 aromatic carbocycles. The molecule has 0 unspecified atom stereocenters. The molecule has 0 aromatic heterocycles. The van der Waals surface area contributed by atoms with Gasteiger partial charge in [-0.3, -0.25) is 4.79 Å². The van der Waals surface area contributed by atoms with E-state index < -0.39 is 0 Å². The fourth-order valence-corrected chi connectivity index (χ4v) is 1.33. The van der Waals surface area contributed by atoms with Crippen molar-refractivity contribution in [2.24, 2.45) is 0 Å². The summed E-state index contributed by atoms with van der Waals surface area (Å²) in [7, 11) is 0. The Morgan fingerprint density at radius 1 is 1.06 bits per heavy atom. The van der Waals surface area contributed by atoms with Crippen molar-refractivity contribution in [2.75, 3.05) is 39.5 Å². The van der Waals surface area contributed by atoms with Gasteiger partial charge in [-0.15, -0.1) is 0 Å². The smallest absolute Gasteiger partial charge is 0.305 e. The van der Waals surface area contributed by atoms with Crippen molar-refractivity contribution in [3.05, 3.63) is 0 Å². The second-order valence-electron chi connectivity index (χ2n) is 3.61. The minimum atomic E-state index is -0.130. The molecule has 0 aliphatic carbocycles. The van der Waals surface area contributed by atoms with E-state index in [2.05, 4.69) is 18.7 Å². The van der Waals surface area contributed by atoms with E-state index in [1.165, 1.54) is 0 Å². The minimum Gasteiger partial charge on any atom is -0.463 e. The molecule has 96 valence electrons. The minimum absolute atomic E-state index is 0.130. The van der Waals surface area contributed by atoms with Crippen molar-refractivity contribution < 1.29 is 14.3 Å². The van der Waals surface area contributed by atoms with Gasteiger partial charge in [0, 0.05) is 13.0 Å². The molecule has 16 heavy (non-hydrogen) atoms. The third kappa shape index (κ3) is 8.68. The van der Waals surface area contributed by atoms with Gasteiger partial charge in [0.15, 0.2) is 0 Å². The van der Waals surface area contributed by atoms with Gasteiger partial charge in [0.25, 0.3) is 0 Å². The molecule has 0 saturated carbocycles. The Balaban J connectivity index is 3.24. The van der Waals surface area contributed by atoms with Gasteiger partial charge < -0.3 is 14.4 Å². The van der Waals surface area contributed by atoms with Crippen LogP contribution < -0.4 is 0 Å². The highest BCUT2D eigenvalue weighted by atomic mass is 16.6. The number of carbonyl (C=O) groups is 1. The first-order valence-electron chi connectivity index (χ1n) is 6.20. The fourth-order valence-electron chi connectivity index (χ4n) is 1.33. The maximum Gasteiger partial charge on any atom is 0.305 e. The number of hydrogen-bond acceptors (Lipinski definition) is 4. The molecule has 0 amide bonds. The van der Waals surface area contributed by atoms with Gasteiger partial charge in [-0.2, -0.15) is 0 Å². The predicted octanol–water partition coefficient (Wildman–Crippen LogP) is 1.69. The summed E-state index contributed by atoms with van der Waals surface area (Å²) in [5.41, 5.74) is 0. The molecule has 0 bridgehead atoms. The van der Waals surface area contributed by atoms with Crippen LogP contribution in [-0.4, -0.2) is 50.3 Å². The van der Waals surface area contributed by atoms with E-state index in [1.807, 2.05) is 6.92 Å². The average Bonchev–Trinajstić information content (AvgIpc) is 2.29. The summed E-state index contributed by atoms with van der Waals surface area (Å²) in [6, 6.07) is 0. The molecule has 0 N–H and O–H groups in total. The van der Waals surface area contributed by atoms with Gasteiger partial charge in [0.1, 0.15) is 6.61 Å². The molecule has 4 heteroatoms. The summed E-state index contributed by atoms with van der Waals surface area (Å²) in [6.07, 6.45) is 1.33. The first-order chi connectivity index (χ1) is 7.74. The lowest BCUT2D eigenvalue weighted by Crippen LogP contribution is -2.27. The van der Waals surface area contributed by atoms with Crippen molar-refractivity contribution in [1.29, 1.82) is 0 Å². The van der Waals surface area contributed by atoms with Crippen molar-refractivity contribution in [2.45, 2.75) is 33.6 Å². The second kappa shape index (κ2) is 10.9. The highest BCUT2D eigenvalue weighted by Gasteiger charge is 2.01. The molecular formula is C12H25NO3.